The van der Waals surface area contributed by atoms with Crippen molar-refractivity contribution in [3.8, 4) is 11.5 Å². The Labute approximate surface area is 126 Å². The fourth-order valence-corrected chi connectivity index (χ4v) is 1.89. The number of nitrogens with one attached hydrogen (secondary N) is 1. The predicted octanol–water partition coefficient (Wildman–Crippen LogP) is 2.83. The van der Waals surface area contributed by atoms with E-state index in [1.165, 1.54) is 0 Å². The van der Waals surface area contributed by atoms with Crippen LogP contribution in [0, 0.1) is 0 Å². The van der Waals surface area contributed by atoms with E-state index in [1.54, 1.807) is 13.2 Å². The molecule has 0 spiro atoms. The Hall–Kier alpha value is -1.75. The van der Waals surface area contributed by atoms with E-state index in [-0.39, 0.29) is 0 Å². The summed E-state index contributed by atoms with van der Waals surface area (Å²) >= 11 is 0. The fourth-order valence-electron chi connectivity index (χ4n) is 1.89. The Bertz CT molecular complexity index is 460. The molecule has 2 N–H and O–H groups in total. The molecule has 0 aliphatic carbocycles. The van der Waals surface area contributed by atoms with Crippen molar-refractivity contribution in [2.24, 2.45) is 0 Å². The average Bonchev–Trinajstić information content (AvgIpc) is 2.44. The maximum absolute atomic E-state index is 11.2. The molecule has 0 aliphatic heterocycles. The number of hydrogen-bond acceptors (Lipinski definition) is 4. The first-order valence-corrected chi connectivity index (χ1v) is 7.27. The first-order chi connectivity index (χ1) is 9.97. The highest BCUT2D eigenvalue weighted by Crippen LogP contribution is 2.29. The Kier molecular flexibility index (Phi) is 7.02. The van der Waals surface area contributed by atoms with Crippen molar-refractivity contribution in [3.63, 3.8) is 0 Å². The second kappa shape index (κ2) is 8.52. The predicted molar refractivity (Wildman–Crippen MR) is 81.9 cm³/mol. The zero-order chi connectivity index (χ0) is 15.8. The minimum Gasteiger partial charge on any atom is -0.493 e. The number of carbonyl (C=O) groups is 1. The molecule has 1 unspecified atom stereocenters. The smallest absolute Gasteiger partial charge is 0.344 e. The van der Waals surface area contributed by atoms with Gasteiger partial charge >= 0.3 is 5.97 Å². The van der Waals surface area contributed by atoms with E-state index in [4.69, 9.17) is 9.47 Å². The van der Waals surface area contributed by atoms with Crippen LogP contribution in [0.3, 0.4) is 0 Å². The molecule has 1 aromatic rings. The quantitative estimate of drug-likeness (QED) is 0.733. The lowest BCUT2D eigenvalue weighted by Gasteiger charge is -2.18. The number of benzene rings is 1. The van der Waals surface area contributed by atoms with E-state index in [0.717, 1.165) is 12.0 Å². The number of hydrogen-bond donors (Lipinski definition) is 2. The lowest BCUT2D eigenvalue weighted by Crippen LogP contribution is -2.27. The summed E-state index contributed by atoms with van der Waals surface area (Å²) < 4.78 is 10.9. The third-order valence-corrected chi connectivity index (χ3v) is 3.04. The summed E-state index contributed by atoms with van der Waals surface area (Å²) in [6.45, 7) is 6.77. The highest BCUT2D eigenvalue weighted by molar-refractivity contribution is 5.72. The first-order valence-electron chi connectivity index (χ1n) is 7.27. The highest BCUT2D eigenvalue weighted by atomic mass is 16.5. The van der Waals surface area contributed by atoms with Gasteiger partial charge in [-0.1, -0.05) is 33.3 Å². The van der Waals surface area contributed by atoms with Crippen LogP contribution in [-0.2, 0) is 11.3 Å². The molecule has 0 saturated carbocycles. The molecule has 1 atom stereocenters. The Morgan fingerprint density at radius 2 is 2.05 bits per heavy atom. The van der Waals surface area contributed by atoms with Gasteiger partial charge in [-0.15, -0.1) is 0 Å². The van der Waals surface area contributed by atoms with Crippen LogP contribution in [0.2, 0.25) is 0 Å². The van der Waals surface area contributed by atoms with Crippen molar-refractivity contribution in [2.45, 2.75) is 52.3 Å². The largest absolute Gasteiger partial charge is 0.493 e. The zero-order valence-corrected chi connectivity index (χ0v) is 13.2. The number of methoxy groups -OCH3 is 1. The molecule has 0 fully saturated rings. The lowest BCUT2D eigenvalue weighted by atomic mass is 10.1. The monoisotopic (exact) mass is 295 g/mol. The van der Waals surface area contributed by atoms with Crippen molar-refractivity contribution in [3.05, 3.63) is 23.8 Å². The van der Waals surface area contributed by atoms with Crippen LogP contribution in [0.5, 0.6) is 11.5 Å². The van der Waals surface area contributed by atoms with Crippen molar-refractivity contribution < 1.29 is 19.4 Å². The van der Waals surface area contributed by atoms with Gasteiger partial charge in [-0.3, -0.25) is 0 Å². The van der Waals surface area contributed by atoms with Crippen LogP contribution in [-0.4, -0.2) is 30.3 Å². The van der Waals surface area contributed by atoms with Crippen LogP contribution in [0.15, 0.2) is 18.2 Å². The van der Waals surface area contributed by atoms with E-state index >= 15 is 0 Å². The Balaban J connectivity index is 2.90. The number of ether oxygens (including phenoxy) is 2. The number of carboxylic acids is 1. The van der Waals surface area contributed by atoms with Crippen LogP contribution in [0.1, 0.15) is 39.2 Å². The van der Waals surface area contributed by atoms with Gasteiger partial charge in [0.1, 0.15) is 0 Å². The fraction of sp³-hybridized carbons (Fsp3) is 0.562. The minimum absolute atomic E-state index is 0.378. The summed E-state index contributed by atoms with van der Waals surface area (Å²) in [5, 5.41) is 12.5. The molecule has 0 heterocycles. The summed E-state index contributed by atoms with van der Waals surface area (Å²) in [7, 11) is 1.55. The van der Waals surface area contributed by atoms with Crippen molar-refractivity contribution in [1.82, 2.24) is 5.32 Å². The maximum atomic E-state index is 11.2. The van der Waals surface area contributed by atoms with Crippen molar-refractivity contribution in [1.29, 1.82) is 0 Å². The first kappa shape index (κ1) is 17.3. The SMILES string of the molecule is CCCC(Oc1cc(CNC(C)C)ccc1OC)C(=O)O. The van der Waals surface area contributed by atoms with Gasteiger partial charge in [0.2, 0.25) is 0 Å². The summed E-state index contributed by atoms with van der Waals surface area (Å²) in [5.41, 5.74) is 1.03. The van der Waals surface area contributed by atoms with Gasteiger partial charge in [-0.2, -0.15) is 0 Å². The standard InChI is InChI=1S/C16H25NO4/c1-5-6-14(16(18)19)21-15-9-12(10-17-11(2)3)7-8-13(15)20-4/h7-9,11,14,17H,5-6,10H2,1-4H3,(H,18,19). The maximum Gasteiger partial charge on any atom is 0.344 e. The van der Waals surface area contributed by atoms with Gasteiger partial charge in [0.25, 0.3) is 0 Å². The Morgan fingerprint density at radius 1 is 1.33 bits per heavy atom. The number of carboxylic acid groups (broad SMARTS) is 1. The van der Waals surface area contributed by atoms with Gasteiger partial charge in [-0.25, -0.2) is 4.79 Å². The molecular weight excluding hydrogens is 270 g/mol. The van der Waals surface area contributed by atoms with Gasteiger partial charge in [0.15, 0.2) is 17.6 Å². The molecule has 118 valence electrons. The second-order valence-corrected chi connectivity index (χ2v) is 5.25. The van der Waals surface area contributed by atoms with Gasteiger partial charge in [-0.05, 0) is 24.1 Å². The molecule has 1 aromatic carbocycles. The summed E-state index contributed by atoms with van der Waals surface area (Å²) in [6, 6.07) is 5.96. The van der Waals surface area contributed by atoms with E-state index in [2.05, 4.69) is 19.2 Å². The third kappa shape index (κ3) is 5.63. The molecule has 0 saturated heterocycles. The van der Waals surface area contributed by atoms with E-state index in [0.29, 0.717) is 30.5 Å². The second-order valence-electron chi connectivity index (χ2n) is 5.25. The average molecular weight is 295 g/mol. The molecule has 5 heteroatoms. The molecular formula is C16H25NO4. The summed E-state index contributed by atoms with van der Waals surface area (Å²) in [6.07, 6.45) is 0.359. The van der Waals surface area contributed by atoms with Crippen LogP contribution < -0.4 is 14.8 Å². The van der Waals surface area contributed by atoms with E-state index in [1.807, 2.05) is 19.1 Å². The summed E-state index contributed by atoms with van der Waals surface area (Å²) in [4.78, 5) is 11.2. The van der Waals surface area contributed by atoms with Crippen molar-refractivity contribution in [2.75, 3.05) is 7.11 Å². The van der Waals surface area contributed by atoms with Crippen LogP contribution in [0.4, 0.5) is 0 Å². The topological polar surface area (TPSA) is 67.8 Å². The van der Waals surface area contributed by atoms with Crippen LogP contribution >= 0.6 is 0 Å². The molecule has 5 nitrogen and oxygen atoms in total. The Morgan fingerprint density at radius 3 is 2.57 bits per heavy atom. The molecule has 0 amide bonds. The minimum atomic E-state index is -0.954. The highest BCUT2D eigenvalue weighted by Gasteiger charge is 2.20. The molecule has 0 bridgehead atoms. The number of rotatable bonds is 9. The van der Waals surface area contributed by atoms with E-state index < -0.39 is 12.1 Å². The van der Waals surface area contributed by atoms with Gasteiger partial charge in [0.05, 0.1) is 7.11 Å². The zero-order valence-electron chi connectivity index (χ0n) is 13.2. The molecule has 1 rings (SSSR count). The number of aliphatic carboxylic acids is 1. The van der Waals surface area contributed by atoms with Crippen LogP contribution in [0.25, 0.3) is 0 Å². The van der Waals surface area contributed by atoms with Crippen molar-refractivity contribution >= 4 is 5.97 Å². The summed E-state index contributed by atoms with van der Waals surface area (Å²) in [5.74, 6) is 0.0664. The molecule has 21 heavy (non-hydrogen) atoms. The normalized spacial score (nSPS) is 12.2. The molecule has 0 aliphatic rings. The van der Waals surface area contributed by atoms with E-state index in [9.17, 15) is 9.90 Å². The third-order valence-electron chi connectivity index (χ3n) is 3.04. The molecule has 0 aromatic heterocycles. The van der Waals surface area contributed by atoms with Gasteiger partial charge in [0, 0.05) is 12.6 Å². The molecule has 0 radical (unpaired) electrons. The lowest BCUT2D eigenvalue weighted by molar-refractivity contribution is -0.145. The van der Waals surface area contributed by atoms with Gasteiger partial charge < -0.3 is 19.9 Å².